The van der Waals surface area contributed by atoms with Crippen LogP contribution in [0, 0.1) is 0 Å². The van der Waals surface area contributed by atoms with Crippen molar-refractivity contribution in [2.24, 2.45) is 0 Å². The summed E-state index contributed by atoms with van der Waals surface area (Å²) >= 11 is 1.89. The molecule has 0 radical (unpaired) electrons. The van der Waals surface area contributed by atoms with E-state index in [-0.39, 0.29) is 5.41 Å². The van der Waals surface area contributed by atoms with E-state index in [0.717, 1.165) is 0 Å². The quantitative estimate of drug-likeness (QED) is 0.196. The van der Waals surface area contributed by atoms with Crippen molar-refractivity contribution in [2.75, 3.05) is 0 Å². The molecule has 1 aliphatic rings. The summed E-state index contributed by atoms with van der Waals surface area (Å²) < 4.78 is 0. The number of hydrogen-bond acceptors (Lipinski definition) is 1. The smallest absolute Gasteiger partial charge is 0.0207 e. The van der Waals surface area contributed by atoms with Gasteiger partial charge in [0.15, 0.2) is 0 Å². The van der Waals surface area contributed by atoms with E-state index in [4.69, 9.17) is 0 Å². The van der Waals surface area contributed by atoms with E-state index in [0.29, 0.717) is 0 Å². The Bertz CT molecular complexity index is 2090. The summed E-state index contributed by atoms with van der Waals surface area (Å²) in [4.78, 5) is 2.67. The first-order valence-electron chi connectivity index (χ1n) is 14.4. The van der Waals surface area contributed by atoms with Crippen LogP contribution in [0.4, 0.5) is 0 Å². The lowest BCUT2D eigenvalue weighted by Gasteiger charge is -2.23. The zero-order chi connectivity index (χ0) is 27.7. The van der Waals surface area contributed by atoms with Crippen molar-refractivity contribution in [1.82, 2.24) is 0 Å². The molecule has 0 aromatic heterocycles. The van der Waals surface area contributed by atoms with Crippen LogP contribution in [0.5, 0.6) is 0 Å². The topological polar surface area (TPSA) is 0 Å². The lowest BCUT2D eigenvalue weighted by atomic mass is 9.82. The van der Waals surface area contributed by atoms with Crippen molar-refractivity contribution in [3.8, 4) is 33.4 Å². The van der Waals surface area contributed by atoms with E-state index < -0.39 is 0 Å². The molecule has 41 heavy (non-hydrogen) atoms. The van der Waals surface area contributed by atoms with Gasteiger partial charge in [0.2, 0.25) is 0 Å². The Kier molecular flexibility index (Phi) is 5.43. The van der Waals surface area contributed by atoms with Crippen molar-refractivity contribution in [1.29, 1.82) is 0 Å². The van der Waals surface area contributed by atoms with Crippen LogP contribution in [-0.4, -0.2) is 0 Å². The first-order chi connectivity index (χ1) is 20.0. The molecule has 0 fully saturated rings. The second-order valence-corrected chi connectivity index (χ2v) is 13.2. The van der Waals surface area contributed by atoms with E-state index >= 15 is 0 Å². The average molecular weight is 543 g/mol. The van der Waals surface area contributed by atoms with Crippen LogP contribution in [0.2, 0.25) is 0 Å². The maximum atomic E-state index is 2.36. The van der Waals surface area contributed by atoms with Crippen LogP contribution < -0.4 is 0 Å². The molecule has 1 heterocycles. The summed E-state index contributed by atoms with van der Waals surface area (Å²) in [5.41, 5.74) is 9.34. The lowest BCUT2D eigenvalue weighted by Crippen LogP contribution is -2.10. The van der Waals surface area contributed by atoms with Gasteiger partial charge in [-0.05, 0) is 83.4 Å². The molecule has 196 valence electrons. The number of benzene rings is 7. The van der Waals surface area contributed by atoms with Gasteiger partial charge in [-0.15, -0.1) is 0 Å². The summed E-state index contributed by atoms with van der Waals surface area (Å²) in [5.74, 6) is 0. The number of rotatable bonds is 2. The molecule has 1 aliphatic heterocycles. The van der Waals surface area contributed by atoms with Crippen LogP contribution in [0.15, 0.2) is 137 Å². The molecule has 0 N–H and O–H groups in total. The maximum absolute atomic E-state index is 2.36. The van der Waals surface area contributed by atoms with E-state index in [1.54, 1.807) is 0 Å². The molecule has 0 bridgehead atoms. The van der Waals surface area contributed by atoms with Crippen LogP contribution in [-0.2, 0) is 5.41 Å². The Morgan fingerprint density at radius 1 is 0.415 bits per heavy atom. The molecule has 0 atom stereocenters. The van der Waals surface area contributed by atoms with Crippen LogP contribution >= 0.6 is 11.8 Å². The molecule has 0 saturated carbocycles. The highest BCUT2D eigenvalue weighted by Gasteiger charge is 2.23. The van der Waals surface area contributed by atoms with Crippen LogP contribution in [0.3, 0.4) is 0 Å². The molecule has 8 rings (SSSR count). The predicted octanol–water partition coefficient (Wildman–Crippen LogP) is 11.9. The standard InChI is InChI=1S/C40H30S/c1-40(2,3)26-21-19-25(20-22-26)37-29-12-4-6-14-31(29)38(32-15-7-5-13-30(32)37)34-23-24-36-39-28(16-10-17-33(34)39)27-11-8-9-18-35(27)41-36/h4-24H,1-3H3. The molecular formula is C40H30S. The van der Waals surface area contributed by atoms with Crippen LogP contribution in [0.1, 0.15) is 26.3 Å². The first-order valence-corrected chi connectivity index (χ1v) is 15.2. The minimum atomic E-state index is 0.125. The largest absolute Gasteiger partial charge is 0.0888 e. The van der Waals surface area contributed by atoms with Gasteiger partial charge in [0.1, 0.15) is 0 Å². The van der Waals surface area contributed by atoms with E-state index in [1.807, 2.05) is 11.8 Å². The van der Waals surface area contributed by atoms with Gasteiger partial charge in [-0.25, -0.2) is 0 Å². The molecule has 0 unspecified atom stereocenters. The Labute approximate surface area is 245 Å². The zero-order valence-corrected chi connectivity index (χ0v) is 24.3. The fourth-order valence-electron chi connectivity index (χ4n) is 6.66. The van der Waals surface area contributed by atoms with Crippen molar-refractivity contribution in [2.45, 2.75) is 36.0 Å². The highest BCUT2D eigenvalue weighted by Crippen LogP contribution is 2.51. The predicted molar refractivity (Wildman–Crippen MR) is 178 cm³/mol. The van der Waals surface area contributed by atoms with Gasteiger partial charge in [0, 0.05) is 15.2 Å². The molecule has 0 spiro atoms. The molecule has 1 heteroatoms. The van der Waals surface area contributed by atoms with E-state index in [2.05, 4.69) is 148 Å². The average Bonchev–Trinajstić information content (AvgIpc) is 3.00. The third kappa shape index (κ3) is 3.76. The minimum Gasteiger partial charge on any atom is -0.0888 e. The van der Waals surface area contributed by atoms with Crippen molar-refractivity contribution in [3.63, 3.8) is 0 Å². The molecular weight excluding hydrogens is 513 g/mol. The van der Waals surface area contributed by atoms with Gasteiger partial charge in [0.25, 0.3) is 0 Å². The molecule has 0 saturated heterocycles. The SMILES string of the molecule is CC(C)(C)c1ccc(-c2c3ccccc3c(-c3ccc4c5c(cccc35)-c3ccccc3S4)c3ccccc23)cc1. The fourth-order valence-corrected chi connectivity index (χ4v) is 7.79. The van der Waals surface area contributed by atoms with E-state index in [9.17, 15) is 0 Å². The molecule has 0 amide bonds. The number of fused-ring (bicyclic) bond motifs is 4. The summed E-state index contributed by atoms with van der Waals surface area (Å²) in [6.07, 6.45) is 0. The summed E-state index contributed by atoms with van der Waals surface area (Å²) in [5, 5.41) is 7.87. The molecule has 7 aromatic rings. The third-order valence-electron chi connectivity index (χ3n) is 8.64. The normalized spacial score (nSPS) is 12.7. The van der Waals surface area contributed by atoms with Gasteiger partial charge < -0.3 is 0 Å². The second kappa shape index (κ2) is 9.09. The van der Waals surface area contributed by atoms with Crippen molar-refractivity contribution >= 4 is 44.1 Å². The summed E-state index contributed by atoms with van der Waals surface area (Å²) in [7, 11) is 0. The Balaban J connectivity index is 1.46. The van der Waals surface area contributed by atoms with Gasteiger partial charge in [-0.3, -0.25) is 0 Å². The van der Waals surface area contributed by atoms with Crippen molar-refractivity contribution in [3.05, 3.63) is 133 Å². The first kappa shape index (κ1) is 24.5. The van der Waals surface area contributed by atoms with E-state index in [1.165, 1.54) is 81.1 Å². The van der Waals surface area contributed by atoms with Gasteiger partial charge in [0.05, 0.1) is 0 Å². The monoisotopic (exact) mass is 542 g/mol. The zero-order valence-electron chi connectivity index (χ0n) is 23.5. The molecule has 0 aliphatic carbocycles. The molecule has 7 aromatic carbocycles. The minimum absolute atomic E-state index is 0.125. The molecule has 0 nitrogen and oxygen atoms in total. The Hall–Kier alpha value is -4.33. The van der Waals surface area contributed by atoms with Crippen LogP contribution in [0.25, 0.3) is 65.7 Å². The summed E-state index contributed by atoms with van der Waals surface area (Å²) in [6.45, 7) is 6.83. The van der Waals surface area contributed by atoms with Gasteiger partial charge >= 0.3 is 0 Å². The maximum Gasteiger partial charge on any atom is 0.0207 e. The third-order valence-corrected chi connectivity index (χ3v) is 9.78. The van der Waals surface area contributed by atoms with Gasteiger partial charge in [-0.2, -0.15) is 0 Å². The highest BCUT2D eigenvalue weighted by atomic mass is 32.2. The van der Waals surface area contributed by atoms with Gasteiger partial charge in [-0.1, -0.05) is 148 Å². The van der Waals surface area contributed by atoms with Crippen molar-refractivity contribution < 1.29 is 0 Å². The second-order valence-electron chi connectivity index (χ2n) is 12.1. The Morgan fingerprint density at radius 3 is 1.63 bits per heavy atom. The lowest BCUT2D eigenvalue weighted by molar-refractivity contribution is 0.590. The Morgan fingerprint density at radius 2 is 0.976 bits per heavy atom. The fraction of sp³-hybridized carbons (Fsp3) is 0.100. The summed E-state index contributed by atoms with van der Waals surface area (Å²) in [6, 6.07) is 47.5. The highest BCUT2D eigenvalue weighted by molar-refractivity contribution is 7.99. The number of hydrogen-bond donors (Lipinski definition) is 0.